The van der Waals surface area contributed by atoms with E-state index in [1.165, 1.54) is 17.0 Å². The highest BCUT2D eigenvalue weighted by Gasteiger charge is 2.50. The summed E-state index contributed by atoms with van der Waals surface area (Å²) in [5.74, 6) is -0.807. The highest BCUT2D eigenvalue weighted by Crippen LogP contribution is 2.34. The molecule has 2 fully saturated rings. The number of aryl methyl sites for hydroxylation is 1. The van der Waals surface area contributed by atoms with Gasteiger partial charge < -0.3 is 9.47 Å². The summed E-state index contributed by atoms with van der Waals surface area (Å²) < 4.78 is 36.5. The van der Waals surface area contributed by atoms with Gasteiger partial charge in [0.15, 0.2) is 6.29 Å². The second-order valence-electron chi connectivity index (χ2n) is 7.65. The summed E-state index contributed by atoms with van der Waals surface area (Å²) in [4.78, 5) is 29.2. The van der Waals surface area contributed by atoms with E-state index in [4.69, 9.17) is 9.47 Å². The van der Waals surface area contributed by atoms with Crippen molar-refractivity contribution in [2.75, 3.05) is 6.61 Å². The second kappa shape index (κ2) is 7.26. The van der Waals surface area contributed by atoms with E-state index in [9.17, 15) is 18.0 Å². The lowest BCUT2D eigenvalue weighted by Crippen LogP contribution is -2.52. The zero-order valence-electron chi connectivity index (χ0n) is 16.5. The van der Waals surface area contributed by atoms with Crippen LogP contribution in [0, 0.1) is 6.92 Å². The van der Waals surface area contributed by atoms with Gasteiger partial charge in [0.25, 0.3) is 21.8 Å². The number of carbonyl (C=O) groups is 2. The Balaban J connectivity index is 1.40. The van der Waals surface area contributed by atoms with Crippen molar-refractivity contribution in [2.45, 2.75) is 36.7 Å². The summed E-state index contributed by atoms with van der Waals surface area (Å²) in [5.41, 5.74) is 1.88. The Kier molecular flexibility index (Phi) is 4.65. The summed E-state index contributed by atoms with van der Waals surface area (Å²) in [6.45, 7) is 2.03. The fraction of sp³-hybridized carbons (Fsp3) is 0.286. The number of hydrazone groups is 1. The molecule has 2 aromatic rings. The SMILES string of the molecule is Cc1ccc(S(=O)(=O)N/N=C2\C[C@@H](N3C(=O)c4ccccc4C3=O)[C@H]3CO[C@@H]2O3)cc1. The molecule has 2 saturated heterocycles. The summed E-state index contributed by atoms with van der Waals surface area (Å²) in [6.07, 6.45) is -1.17. The zero-order chi connectivity index (χ0) is 21.8. The molecule has 1 N–H and O–H groups in total. The Hall–Kier alpha value is -3.08. The van der Waals surface area contributed by atoms with Crippen LogP contribution in [0.15, 0.2) is 58.5 Å². The van der Waals surface area contributed by atoms with E-state index in [2.05, 4.69) is 9.93 Å². The van der Waals surface area contributed by atoms with Crippen LogP contribution in [0.25, 0.3) is 0 Å². The predicted octanol–water partition coefficient (Wildman–Crippen LogP) is 1.44. The second-order valence-corrected chi connectivity index (χ2v) is 9.31. The lowest BCUT2D eigenvalue weighted by Gasteiger charge is -2.33. The number of nitrogens with zero attached hydrogens (tertiary/aromatic N) is 2. The largest absolute Gasteiger partial charge is 0.344 e. The molecule has 10 heteroatoms. The van der Waals surface area contributed by atoms with Crippen molar-refractivity contribution < 1.29 is 27.5 Å². The van der Waals surface area contributed by atoms with E-state index in [1.54, 1.807) is 36.4 Å². The predicted molar refractivity (Wildman–Crippen MR) is 109 cm³/mol. The molecule has 2 amide bonds. The molecular weight excluding hydrogens is 422 g/mol. The van der Waals surface area contributed by atoms with Gasteiger partial charge in [-0.05, 0) is 31.2 Å². The number of sulfonamides is 1. The van der Waals surface area contributed by atoms with Crippen LogP contribution in [0.2, 0.25) is 0 Å². The van der Waals surface area contributed by atoms with Gasteiger partial charge in [-0.3, -0.25) is 14.5 Å². The highest BCUT2D eigenvalue weighted by molar-refractivity contribution is 7.89. The molecule has 5 rings (SSSR count). The molecule has 9 nitrogen and oxygen atoms in total. The van der Waals surface area contributed by atoms with Crippen LogP contribution in [0.1, 0.15) is 32.7 Å². The number of hydrogen-bond donors (Lipinski definition) is 1. The molecule has 2 aromatic carbocycles. The third-order valence-electron chi connectivity index (χ3n) is 5.63. The van der Waals surface area contributed by atoms with E-state index in [0.29, 0.717) is 11.1 Å². The molecule has 0 aromatic heterocycles. The Morgan fingerprint density at radius 3 is 2.32 bits per heavy atom. The highest BCUT2D eigenvalue weighted by atomic mass is 32.2. The molecular formula is C21H19N3O6S. The van der Waals surface area contributed by atoms with E-state index < -0.39 is 40.3 Å². The molecule has 160 valence electrons. The molecule has 0 saturated carbocycles. The number of benzene rings is 2. The molecule has 31 heavy (non-hydrogen) atoms. The maximum Gasteiger partial charge on any atom is 0.276 e. The summed E-state index contributed by atoms with van der Waals surface area (Å²) >= 11 is 0. The number of hydrogen-bond acceptors (Lipinski definition) is 7. The minimum absolute atomic E-state index is 0.0706. The standard InChI is InChI=1S/C21H19N3O6S/c1-12-6-8-13(9-7-12)31(27,28)23-22-16-10-17(18-11-29-21(16)30-18)24-19(25)14-4-2-3-5-15(14)20(24)26/h2-9,17-18,21,23H,10-11H2,1H3/b22-16+/t17-,18-,21-/m1/s1. The number of nitrogens with one attached hydrogen (secondary N) is 1. The molecule has 0 spiro atoms. The van der Waals surface area contributed by atoms with Gasteiger partial charge in [-0.2, -0.15) is 18.4 Å². The van der Waals surface area contributed by atoms with Gasteiger partial charge in [-0.15, -0.1) is 0 Å². The summed E-state index contributed by atoms with van der Waals surface area (Å²) in [7, 11) is -3.89. The van der Waals surface area contributed by atoms with Crippen LogP contribution >= 0.6 is 0 Å². The van der Waals surface area contributed by atoms with Gasteiger partial charge in [0.05, 0.1) is 34.4 Å². The number of amides is 2. The van der Waals surface area contributed by atoms with Crippen LogP contribution < -0.4 is 4.83 Å². The molecule has 0 unspecified atom stereocenters. The molecule has 0 aliphatic carbocycles. The van der Waals surface area contributed by atoms with Crippen LogP contribution in [0.3, 0.4) is 0 Å². The quantitative estimate of drug-likeness (QED) is 0.567. The van der Waals surface area contributed by atoms with Gasteiger partial charge in [0, 0.05) is 6.42 Å². The minimum Gasteiger partial charge on any atom is -0.344 e. The molecule has 3 aliphatic rings. The van der Waals surface area contributed by atoms with Crippen molar-refractivity contribution in [3.63, 3.8) is 0 Å². The van der Waals surface area contributed by atoms with Crippen LogP contribution in [-0.4, -0.2) is 55.9 Å². The average molecular weight is 441 g/mol. The maximum atomic E-state index is 12.9. The van der Waals surface area contributed by atoms with Crippen molar-refractivity contribution in [3.8, 4) is 0 Å². The maximum absolute atomic E-state index is 12.9. The fourth-order valence-electron chi connectivity index (χ4n) is 3.99. The molecule has 3 atom stereocenters. The van der Waals surface area contributed by atoms with Gasteiger partial charge in [-0.25, -0.2) is 0 Å². The Morgan fingerprint density at radius 1 is 1.03 bits per heavy atom. The number of rotatable bonds is 4. The monoisotopic (exact) mass is 441 g/mol. The minimum atomic E-state index is -3.89. The first kappa shape index (κ1) is 19.9. The first-order chi connectivity index (χ1) is 14.8. The van der Waals surface area contributed by atoms with E-state index in [-0.39, 0.29) is 23.6 Å². The van der Waals surface area contributed by atoms with Crippen LogP contribution in [0.5, 0.6) is 0 Å². The van der Waals surface area contributed by atoms with Crippen molar-refractivity contribution in [2.24, 2.45) is 5.10 Å². The number of fused-ring (bicyclic) bond motifs is 3. The first-order valence-electron chi connectivity index (χ1n) is 9.74. The van der Waals surface area contributed by atoms with Gasteiger partial charge >= 0.3 is 0 Å². The topological polar surface area (TPSA) is 114 Å². The van der Waals surface area contributed by atoms with Crippen molar-refractivity contribution in [3.05, 3.63) is 65.2 Å². The first-order valence-corrected chi connectivity index (χ1v) is 11.2. The van der Waals surface area contributed by atoms with E-state index in [1.807, 2.05) is 6.92 Å². The Morgan fingerprint density at radius 2 is 1.68 bits per heavy atom. The average Bonchev–Trinajstić information content (AvgIpc) is 3.29. The third-order valence-corrected chi connectivity index (χ3v) is 6.85. The number of ether oxygens (including phenoxy) is 2. The summed E-state index contributed by atoms with van der Waals surface area (Å²) in [5, 5.41) is 4.03. The normalized spacial score (nSPS) is 26.4. The zero-order valence-corrected chi connectivity index (χ0v) is 17.3. The number of carbonyl (C=O) groups excluding carboxylic acids is 2. The van der Waals surface area contributed by atoms with Crippen molar-refractivity contribution >= 4 is 27.5 Å². The van der Waals surface area contributed by atoms with Gasteiger partial charge in [0.1, 0.15) is 6.10 Å². The van der Waals surface area contributed by atoms with Crippen molar-refractivity contribution in [1.29, 1.82) is 0 Å². The van der Waals surface area contributed by atoms with E-state index in [0.717, 1.165) is 5.56 Å². The Labute approximate surface area is 178 Å². The summed E-state index contributed by atoms with van der Waals surface area (Å²) in [6, 6.07) is 12.3. The molecule has 0 radical (unpaired) electrons. The molecule has 2 bridgehead atoms. The third kappa shape index (κ3) is 3.32. The molecule has 3 heterocycles. The lowest BCUT2D eigenvalue weighted by atomic mass is 10.0. The number of imide groups is 1. The fourth-order valence-corrected chi connectivity index (χ4v) is 4.83. The van der Waals surface area contributed by atoms with E-state index >= 15 is 0 Å². The van der Waals surface area contributed by atoms with Crippen LogP contribution in [0.4, 0.5) is 0 Å². The molecule has 3 aliphatic heterocycles. The Bertz CT molecular complexity index is 1170. The van der Waals surface area contributed by atoms with Crippen LogP contribution in [-0.2, 0) is 19.5 Å². The smallest absolute Gasteiger partial charge is 0.276 e. The van der Waals surface area contributed by atoms with Crippen molar-refractivity contribution in [1.82, 2.24) is 9.73 Å². The lowest BCUT2D eigenvalue weighted by molar-refractivity contribution is -0.0376. The van der Waals surface area contributed by atoms with Gasteiger partial charge in [0.2, 0.25) is 0 Å². The van der Waals surface area contributed by atoms with Gasteiger partial charge in [-0.1, -0.05) is 29.8 Å².